The molecule has 1 heteroatoms. The van der Waals surface area contributed by atoms with Gasteiger partial charge in [0.25, 0.3) is 0 Å². The molecule has 1 aromatic carbocycles. The molecular weight excluding hydrogens is 180 g/mol. The lowest BCUT2D eigenvalue weighted by atomic mass is 10.2. The van der Waals surface area contributed by atoms with Gasteiger partial charge in [-0.1, -0.05) is 53.6 Å². The first kappa shape index (κ1) is 10.1. The highest BCUT2D eigenvalue weighted by Crippen LogP contribution is 2.18. The quantitative estimate of drug-likeness (QED) is 0.616. The van der Waals surface area contributed by atoms with Crippen LogP contribution < -0.4 is 0 Å². The van der Waals surface area contributed by atoms with E-state index in [9.17, 15) is 0 Å². The maximum atomic E-state index is 6.07. The van der Waals surface area contributed by atoms with Crippen LogP contribution in [-0.4, -0.2) is 0 Å². The van der Waals surface area contributed by atoms with Crippen LogP contribution in [0.15, 0.2) is 48.1 Å². The van der Waals surface area contributed by atoms with Gasteiger partial charge in [-0.15, -0.1) is 0 Å². The van der Waals surface area contributed by atoms with Gasteiger partial charge in [0.1, 0.15) is 0 Å². The molecule has 0 spiro atoms. The van der Waals surface area contributed by atoms with Gasteiger partial charge in [0.2, 0.25) is 0 Å². The van der Waals surface area contributed by atoms with Crippen LogP contribution in [0, 0.1) is 0 Å². The third-order valence-electron chi connectivity index (χ3n) is 1.61. The highest BCUT2D eigenvalue weighted by atomic mass is 35.5. The van der Waals surface area contributed by atoms with E-state index < -0.39 is 0 Å². The molecule has 68 valence electrons. The molecule has 0 saturated heterocycles. The van der Waals surface area contributed by atoms with Crippen LogP contribution in [0.4, 0.5) is 0 Å². The van der Waals surface area contributed by atoms with E-state index in [2.05, 4.69) is 0 Å². The van der Waals surface area contributed by atoms with Crippen LogP contribution in [0.3, 0.4) is 0 Å². The van der Waals surface area contributed by atoms with Crippen LogP contribution in [0.25, 0.3) is 5.03 Å². The Morgan fingerprint density at radius 3 is 2.23 bits per heavy atom. The summed E-state index contributed by atoms with van der Waals surface area (Å²) < 4.78 is 0. The number of halogens is 1. The Bertz CT molecular complexity index is 316. The van der Waals surface area contributed by atoms with Gasteiger partial charge < -0.3 is 0 Å². The fourth-order valence-electron chi connectivity index (χ4n) is 0.933. The topological polar surface area (TPSA) is 0 Å². The van der Waals surface area contributed by atoms with Gasteiger partial charge in [0.05, 0.1) is 0 Å². The van der Waals surface area contributed by atoms with Gasteiger partial charge in [-0.25, -0.2) is 0 Å². The van der Waals surface area contributed by atoms with E-state index in [-0.39, 0.29) is 0 Å². The summed E-state index contributed by atoms with van der Waals surface area (Å²) in [6.45, 7) is 4.09. The average molecular weight is 193 g/mol. The average Bonchev–Trinajstić information content (AvgIpc) is 2.15. The smallest absolute Gasteiger partial charge is 0.0478 e. The molecule has 1 aromatic rings. The number of rotatable bonds is 2. The maximum Gasteiger partial charge on any atom is 0.0478 e. The molecule has 1 rings (SSSR count). The molecule has 0 N–H and O–H groups in total. The first-order valence-corrected chi connectivity index (χ1v) is 4.64. The standard InChI is InChI=1S/C12H13Cl/c1-10(2)8-9-12(13)11-6-4-3-5-7-11/h3-9H,1-2H3/b12-9-. The molecule has 0 bridgehead atoms. The molecule has 0 radical (unpaired) electrons. The second kappa shape index (κ2) is 4.88. The second-order valence-corrected chi connectivity index (χ2v) is 3.53. The Hall–Kier alpha value is -1.01. The Labute approximate surface area is 84.5 Å². The van der Waals surface area contributed by atoms with Crippen LogP contribution in [0.5, 0.6) is 0 Å². The Balaban J connectivity index is 2.86. The van der Waals surface area contributed by atoms with Crippen LogP contribution in [0.2, 0.25) is 0 Å². The van der Waals surface area contributed by atoms with E-state index in [1.165, 1.54) is 5.57 Å². The maximum absolute atomic E-state index is 6.07. The van der Waals surface area contributed by atoms with Gasteiger partial charge in [-0.3, -0.25) is 0 Å². The predicted octanol–water partition coefficient (Wildman–Crippen LogP) is 4.23. The fourth-order valence-corrected chi connectivity index (χ4v) is 1.12. The predicted molar refractivity (Wildman–Crippen MR) is 59.7 cm³/mol. The van der Waals surface area contributed by atoms with Crippen molar-refractivity contribution in [3.63, 3.8) is 0 Å². The Morgan fingerprint density at radius 1 is 1.08 bits per heavy atom. The summed E-state index contributed by atoms with van der Waals surface area (Å²) in [6, 6.07) is 9.94. The summed E-state index contributed by atoms with van der Waals surface area (Å²) in [5, 5.41) is 0.779. The van der Waals surface area contributed by atoms with Crippen molar-refractivity contribution in [2.24, 2.45) is 0 Å². The molecule has 0 nitrogen and oxygen atoms in total. The normalized spacial score (nSPS) is 11.2. The summed E-state index contributed by atoms with van der Waals surface area (Å²) in [5.41, 5.74) is 2.30. The van der Waals surface area contributed by atoms with Crippen molar-refractivity contribution in [3.8, 4) is 0 Å². The van der Waals surface area contributed by atoms with E-state index in [1.54, 1.807) is 0 Å². The van der Waals surface area contributed by atoms with Crippen molar-refractivity contribution >= 4 is 16.6 Å². The molecule has 0 aliphatic heterocycles. The molecule has 0 unspecified atom stereocenters. The zero-order valence-corrected chi connectivity index (χ0v) is 8.68. The van der Waals surface area contributed by atoms with Crippen LogP contribution >= 0.6 is 11.6 Å². The lowest BCUT2D eigenvalue weighted by Crippen LogP contribution is -1.74. The first-order valence-electron chi connectivity index (χ1n) is 4.26. The molecule has 0 aliphatic carbocycles. The minimum Gasteiger partial charge on any atom is -0.0837 e. The minimum absolute atomic E-state index is 0.779. The van der Waals surface area contributed by atoms with Gasteiger partial charge in [-0.05, 0) is 25.5 Å². The number of hydrogen-bond donors (Lipinski definition) is 0. The lowest BCUT2D eigenvalue weighted by Gasteiger charge is -1.96. The monoisotopic (exact) mass is 192 g/mol. The molecule has 0 heterocycles. The lowest BCUT2D eigenvalue weighted by molar-refractivity contribution is 1.39. The molecule has 0 fully saturated rings. The van der Waals surface area contributed by atoms with E-state index in [1.807, 2.05) is 56.3 Å². The van der Waals surface area contributed by atoms with Crippen molar-refractivity contribution in [1.82, 2.24) is 0 Å². The van der Waals surface area contributed by atoms with Crippen molar-refractivity contribution in [2.45, 2.75) is 13.8 Å². The molecule has 0 atom stereocenters. The van der Waals surface area contributed by atoms with Crippen molar-refractivity contribution < 1.29 is 0 Å². The molecule has 0 amide bonds. The largest absolute Gasteiger partial charge is 0.0837 e. The van der Waals surface area contributed by atoms with Gasteiger partial charge in [0.15, 0.2) is 0 Å². The van der Waals surface area contributed by atoms with Gasteiger partial charge in [-0.2, -0.15) is 0 Å². The fraction of sp³-hybridized carbons (Fsp3) is 0.167. The zero-order valence-electron chi connectivity index (χ0n) is 7.92. The molecular formula is C12H13Cl. The Kier molecular flexibility index (Phi) is 3.78. The van der Waals surface area contributed by atoms with Crippen LogP contribution in [-0.2, 0) is 0 Å². The zero-order chi connectivity index (χ0) is 9.68. The first-order chi connectivity index (χ1) is 6.20. The summed E-state index contributed by atoms with van der Waals surface area (Å²) >= 11 is 6.07. The highest BCUT2D eigenvalue weighted by molar-refractivity contribution is 6.48. The Morgan fingerprint density at radius 2 is 1.69 bits per heavy atom. The molecule has 0 saturated carbocycles. The van der Waals surface area contributed by atoms with E-state index in [4.69, 9.17) is 11.6 Å². The summed E-state index contributed by atoms with van der Waals surface area (Å²) in [5.74, 6) is 0. The highest BCUT2D eigenvalue weighted by Gasteiger charge is 1.93. The summed E-state index contributed by atoms with van der Waals surface area (Å²) in [4.78, 5) is 0. The number of benzene rings is 1. The minimum atomic E-state index is 0.779. The molecule has 0 aromatic heterocycles. The number of hydrogen-bond acceptors (Lipinski definition) is 0. The van der Waals surface area contributed by atoms with Gasteiger partial charge >= 0.3 is 0 Å². The summed E-state index contributed by atoms with van der Waals surface area (Å²) in [7, 11) is 0. The summed E-state index contributed by atoms with van der Waals surface area (Å²) in [6.07, 6.45) is 3.93. The second-order valence-electron chi connectivity index (χ2n) is 3.12. The van der Waals surface area contributed by atoms with E-state index in [0.29, 0.717) is 0 Å². The molecule has 0 aliphatic rings. The molecule has 13 heavy (non-hydrogen) atoms. The third kappa shape index (κ3) is 3.47. The van der Waals surface area contributed by atoms with Crippen molar-refractivity contribution in [2.75, 3.05) is 0 Å². The van der Waals surface area contributed by atoms with E-state index >= 15 is 0 Å². The van der Waals surface area contributed by atoms with Crippen molar-refractivity contribution in [1.29, 1.82) is 0 Å². The van der Waals surface area contributed by atoms with Crippen LogP contribution in [0.1, 0.15) is 19.4 Å². The van der Waals surface area contributed by atoms with E-state index in [0.717, 1.165) is 10.6 Å². The SMILES string of the molecule is CC(C)=C/C=C(\Cl)c1ccccc1. The van der Waals surface area contributed by atoms with Gasteiger partial charge in [0, 0.05) is 5.03 Å². The third-order valence-corrected chi connectivity index (χ3v) is 1.96. The number of allylic oxidation sites excluding steroid dienone is 3. The van der Waals surface area contributed by atoms with Crippen molar-refractivity contribution in [3.05, 3.63) is 53.6 Å².